The first-order valence-corrected chi connectivity index (χ1v) is 9.93. The number of benzene rings is 2. The highest BCUT2D eigenvalue weighted by molar-refractivity contribution is 6.07. The number of carbonyl (C=O) groups excluding carboxylic acids is 1. The highest BCUT2D eigenvalue weighted by Gasteiger charge is 2.22. The molecule has 0 saturated carbocycles. The summed E-state index contributed by atoms with van der Waals surface area (Å²) in [5.74, 6) is -0.666. The van der Waals surface area contributed by atoms with Crippen molar-refractivity contribution in [2.24, 2.45) is 0 Å². The molecule has 0 amide bonds. The van der Waals surface area contributed by atoms with Crippen LogP contribution in [-0.2, 0) is 11.3 Å². The van der Waals surface area contributed by atoms with Crippen LogP contribution < -0.4 is 11.2 Å². The number of para-hydroxylation sites is 1. The molecule has 0 unspecified atom stereocenters. The molecule has 0 bridgehead atoms. The van der Waals surface area contributed by atoms with Gasteiger partial charge < -0.3 is 19.5 Å². The van der Waals surface area contributed by atoms with E-state index in [0.717, 1.165) is 16.5 Å². The first kappa shape index (κ1) is 18.9. The zero-order chi connectivity index (χ0) is 21.5. The van der Waals surface area contributed by atoms with Crippen molar-refractivity contribution in [2.75, 3.05) is 12.3 Å². The summed E-state index contributed by atoms with van der Waals surface area (Å²) in [5, 5.41) is 0.990. The van der Waals surface area contributed by atoms with Gasteiger partial charge in [-0.05, 0) is 30.7 Å². The Hall–Kier alpha value is -4.13. The van der Waals surface area contributed by atoms with Crippen molar-refractivity contribution in [1.82, 2.24) is 9.55 Å². The van der Waals surface area contributed by atoms with Crippen LogP contribution in [0.5, 0.6) is 0 Å². The molecule has 0 fully saturated rings. The van der Waals surface area contributed by atoms with Gasteiger partial charge in [-0.1, -0.05) is 42.5 Å². The van der Waals surface area contributed by atoms with Crippen molar-refractivity contribution >= 4 is 44.9 Å². The van der Waals surface area contributed by atoms with Crippen LogP contribution in [0, 0.1) is 0 Å². The Kier molecular flexibility index (Phi) is 4.43. The fraction of sp³-hybridized carbons (Fsp3) is 0.125. The Morgan fingerprint density at radius 3 is 2.61 bits per heavy atom. The fourth-order valence-electron chi connectivity index (χ4n) is 3.88. The van der Waals surface area contributed by atoms with Crippen molar-refractivity contribution in [3.8, 4) is 0 Å². The number of aromatic nitrogens is 2. The monoisotopic (exact) mass is 413 g/mol. The number of hydrogen-bond donors (Lipinski definition) is 1. The third-order valence-electron chi connectivity index (χ3n) is 5.28. The Labute approximate surface area is 176 Å². The van der Waals surface area contributed by atoms with Crippen LogP contribution in [0.2, 0.25) is 0 Å². The van der Waals surface area contributed by atoms with Gasteiger partial charge in [0.05, 0.1) is 17.5 Å². The molecule has 154 valence electrons. The van der Waals surface area contributed by atoms with Crippen LogP contribution in [-0.4, -0.2) is 22.1 Å². The molecule has 0 radical (unpaired) electrons. The second kappa shape index (κ2) is 7.28. The molecule has 2 aromatic carbocycles. The number of pyridine rings is 1. The van der Waals surface area contributed by atoms with E-state index in [0.29, 0.717) is 17.6 Å². The first-order valence-electron chi connectivity index (χ1n) is 9.93. The number of rotatable bonds is 4. The zero-order valence-electron chi connectivity index (χ0n) is 16.8. The van der Waals surface area contributed by atoms with Gasteiger partial charge in [-0.2, -0.15) is 4.98 Å². The zero-order valence-corrected chi connectivity index (χ0v) is 16.8. The average Bonchev–Trinajstić information content (AvgIpc) is 3.08. The molecule has 5 rings (SSSR count). The summed E-state index contributed by atoms with van der Waals surface area (Å²) in [6, 6.07) is 18.9. The summed E-state index contributed by atoms with van der Waals surface area (Å²) in [4.78, 5) is 30.0. The lowest BCUT2D eigenvalue weighted by atomic mass is 10.2. The molecular weight excluding hydrogens is 394 g/mol. The number of anilines is 1. The second-order valence-corrected chi connectivity index (χ2v) is 7.19. The SMILES string of the molecule is CCOC(=O)c1cc2c(=O)c3c(oc2nc1N)c1ccccc1n3Cc1ccccc1. The second-order valence-electron chi connectivity index (χ2n) is 7.19. The van der Waals surface area contributed by atoms with Gasteiger partial charge in [0.1, 0.15) is 16.9 Å². The molecule has 0 atom stereocenters. The molecule has 2 N–H and O–H groups in total. The normalized spacial score (nSPS) is 11.4. The van der Waals surface area contributed by atoms with Gasteiger partial charge >= 0.3 is 5.97 Å². The van der Waals surface area contributed by atoms with E-state index >= 15 is 0 Å². The van der Waals surface area contributed by atoms with Crippen LogP contribution in [0.15, 0.2) is 69.9 Å². The van der Waals surface area contributed by atoms with Gasteiger partial charge in [0.2, 0.25) is 11.1 Å². The van der Waals surface area contributed by atoms with Crippen molar-refractivity contribution in [3.63, 3.8) is 0 Å². The Bertz CT molecular complexity index is 1520. The lowest BCUT2D eigenvalue weighted by Gasteiger charge is -2.08. The maximum absolute atomic E-state index is 13.6. The summed E-state index contributed by atoms with van der Waals surface area (Å²) in [6.07, 6.45) is 0. The Morgan fingerprint density at radius 2 is 1.84 bits per heavy atom. The average molecular weight is 413 g/mol. The molecule has 5 aromatic rings. The van der Waals surface area contributed by atoms with Gasteiger partial charge in [-0.15, -0.1) is 0 Å². The van der Waals surface area contributed by atoms with Gasteiger partial charge in [0.25, 0.3) is 0 Å². The molecule has 31 heavy (non-hydrogen) atoms. The van der Waals surface area contributed by atoms with E-state index in [1.807, 2.05) is 59.2 Å². The van der Waals surface area contributed by atoms with Crippen molar-refractivity contribution < 1.29 is 13.9 Å². The van der Waals surface area contributed by atoms with E-state index in [2.05, 4.69) is 4.98 Å². The number of nitrogens with two attached hydrogens (primary N) is 1. The molecule has 0 aliphatic rings. The smallest absolute Gasteiger partial charge is 0.341 e. The van der Waals surface area contributed by atoms with E-state index in [1.54, 1.807) is 6.92 Å². The summed E-state index contributed by atoms with van der Waals surface area (Å²) < 4.78 is 13.0. The number of nitrogen functional groups attached to an aromatic ring is 1. The van der Waals surface area contributed by atoms with Crippen LogP contribution >= 0.6 is 0 Å². The number of hydrogen-bond acceptors (Lipinski definition) is 6. The number of ether oxygens (including phenoxy) is 1. The van der Waals surface area contributed by atoms with Gasteiger partial charge in [0, 0.05) is 11.9 Å². The van der Waals surface area contributed by atoms with Crippen LogP contribution in [0.1, 0.15) is 22.8 Å². The maximum Gasteiger partial charge on any atom is 0.341 e. The lowest BCUT2D eigenvalue weighted by Crippen LogP contribution is -2.14. The molecule has 0 aliphatic heterocycles. The van der Waals surface area contributed by atoms with E-state index in [1.165, 1.54) is 6.07 Å². The minimum absolute atomic E-state index is 0.0403. The number of esters is 1. The maximum atomic E-state index is 13.6. The molecular formula is C24H19N3O4. The van der Waals surface area contributed by atoms with Crippen molar-refractivity contribution in [3.05, 3.63) is 82.0 Å². The minimum Gasteiger partial charge on any atom is -0.462 e. The standard InChI is InChI=1S/C24H19N3O4/c1-2-30-24(29)17-12-16-20(28)19-21(31-23(16)26-22(17)25)15-10-6-7-11-18(15)27(19)13-14-8-4-3-5-9-14/h3-12H,2,13H2,1H3,(H2,25,26). The predicted octanol–water partition coefficient (Wildman–Crippen LogP) is 4.10. The summed E-state index contributed by atoms with van der Waals surface area (Å²) in [5.41, 5.74) is 8.59. The van der Waals surface area contributed by atoms with Crippen LogP contribution in [0.4, 0.5) is 5.82 Å². The molecule has 7 heteroatoms. The number of fused-ring (bicyclic) bond motifs is 4. The quantitative estimate of drug-likeness (QED) is 0.445. The van der Waals surface area contributed by atoms with E-state index in [-0.39, 0.29) is 34.5 Å². The fourth-order valence-corrected chi connectivity index (χ4v) is 3.88. The molecule has 0 saturated heterocycles. The van der Waals surface area contributed by atoms with E-state index in [9.17, 15) is 9.59 Å². The highest BCUT2D eigenvalue weighted by Crippen LogP contribution is 2.30. The lowest BCUT2D eigenvalue weighted by molar-refractivity contribution is 0.0527. The van der Waals surface area contributed by atoms with E-state index in [4.69, 9.17) is 14.9 Å². The summed E-state index contributed by atoms with van der Waals surface area (Å²) >= 11 is 0. The molecule has 7 nitrogen and oxygen atoms in total. The Morgan fingerprint density at radius 1 is 1.10 bits per heavy atom. The third-order valence-corrected chi connectivity index (χ3v) is 5.28. The van der Waals surface area contributed by atoms with Crippen molar-refractivity contribution in [2.45, 2.75) is 13.5 Å². The van der Waals surface area contributed by atoms with Crippen LogP contribution in [0.3, 0.4) is 0 Å². The summed E-state index contributed by atoms with van der Waals surface area (Å²) in [6.45, 7) is 2.38. The summed E-state index contributed by atoms with van der Waals surface area (Å²) in [7, 11) is 0. The van der Waals surface area contributed by atoms with Gasteiger partial charge in [-0.3, -0.25) is 4.79 Å². The van der Waals surface area contributed by atoms with Crippen molar-refractivity contribution in [1.29, 1.82) is 0 Å². The van der Waals surface area contributed by atoms with E-state index < -0.39 is 5.97 Å². The predicted molar refractivity (Wildman–Crippen MR) is 119 cm³/mol. The highest BCUT2D eigenvalue weighted by atomic mass is 16.5. The molecule has 0 aliphatic carbocycles. The van der Waals surface area contributed by atoms with Crippen LogP contribution in [0.25, 0.3) is 33.1 Å². The third kappa shape index (κ3) is 3.02. The number of carbonyl (C=O) groups is 1. The minimum atomic E-state index is -0.626. The first-order chi connectivity index (χ1) is 15.1. The molecule has 0 spiro atoms. The Balaban J connectivity index is 1.85. The largest absolute Gasteiger partial charge is 0.462 e. The van der Waals surface area contributed by atoms with Gasteiger partial charge in [0.15, 0.2) is 5.58 Å². The topological polar surface area (TPSA) is 100 Å². The van der Waals surface area contributed by atoms with Gasteiger partial charge in [-0.25, -0.2) is 4.79 Å². The molecule has 3 heterocycles. The number of nitrogens with zero attached hydrogens (tertiary/aromatic N) is 2. The molecule has 3 aromatic heterocycles.